The Morgan fingerprint density at radius 2 is 1.36 bits per heavy atom. The highest BCUT2D eigenvalue weighted by molar-refractivity contribution is 7.80. The SMILES string of the molecule is CC(=O)N(C(C)=O)[C@](C(=O)O)(C(CS)N1C(=O)CCC1=O)N1C(=O)CCC1=O. The van der Waals surface area contributed by atoms with E-state index in [0.717, 1.165) is 13.8 Å². The third-order valence-corrected chi connectivity index (χ3v) is 5.06. The van der Waals surface area contributed by atoms with Crippen molar-refractivity contribution in [3.05, 3.63) is 0 Å². The first-order valence-electron chi connectivity index (χ1n) is 8.38. The second-order valence-corrected chi connectivity index (χ2v) is 6.75. The van der Waals surface area contributed by atoms with Crippen LogP contribution >= 0.6 is 12.6 Å². The Hall–Kier alpha value is -2.76. The molecule has 0 bridgehead atoms. The molecule has 2 aliphatic rings. The van der Waals surface area contributed by atoms with Gasteiger partial charge in [0.15, 0.2) is 0 Å². The molecular weight excluding hydrogens is 394 g/mol. The predicted octanol–water partition coefficient (Wildman–Crippen LogP) is -1.24. The number of thiol groups is 1. The molecule has 2 aliphatic heterocycles. The van der Waals surface area contributed by atoms with Crippen LogP contribution in [0.15, 0.2) is 0 Å². The number of hydrogen-bond donors (Lipinski definition) is 2. The van der Waals surface area contributed by atoms with Crippen LogP contribution in [0, 0.1) is 0 Å². The maximum atomic E-state index is 12.5. The smallest absolute Gasteiger partial charge is 0.354 e. The predicted molar refractivity (Wildman–Crippen MR) is 93.4 cm³/mol. The summed E-state index contributed by atoms with van der Waals surface area (Å²) in [6.45, 7) is 1.76. The van der Waals surface area contributed by atoms with Gasteiger partial charge in [-0.3, -0.25) is 33.7 Å². The Kier molecular flexibility index (Phi) is 5.92. The van der Waals surface area contributed by atoms with Crippen molar-refractivity contribution in [1.29, 1.82) is 0 Å². The van der Waals surface area contributed by atoms with Gasteiger partial charge in [-0.2, -0.15) is 12.6 Å². The summed E-state index contributed by atoms with van der Waals surface area (Å²) in [5, 5.41) is 10.1. The summed E-state index contributed by atoms with van der Waals surface area (Å²) in [5.74, 6) is -7.95. The molecule has 0 aliphatic carbocycles. The monoisotopic (exact) mass is 413 g/mol. The lowest BCUT2D eigenvalue weighted by molar-refractivity contribution is -0.193. The average Bonchev–Trinajstić information content (AvgIpc) is 3.09. The van der Waals surface area contributed by atoms with Crippen molar-refractivity contribution in [2.75, 3.05) is 5.75 Å². The van der Waals surface area contributed by atoms with Crippen molar-refractivity contribution in [2.45, 2.75) is 51.2 Å². The molecule has 2 heterocycles. The number of carbonyl (C=O) groups excluding carboxylic acids is 6. The van der Waals surface area contributed by atoms with Crippen LogP contribution in [-0.2, 0) is 33.6 Å². The highest BCUT2D eigenvalue weighted by atomic mass is 32.1. The fourth-order valence-corrected chi connectivity index (χ4v) is 4.14. The third-order valence-electron chi connectivity index (χ3n) is 4.72. The number of rotatable bonds is 6. The largest absolute Gasteiger partial charge is 0.478 e. The number of likely N-dealkylation sites (tertiary alicyclic amines) is 2. The zero-order valence-electron chi connectivity index (χ0n) is 15.2. The summed E-state index contributed by atoms with van der Waals surface area (Å²) >= 11 is 4.04. The third kappa shape index (κ3) is 3.07. The number of carboxylic acids is 1. The van der Waals surface area contributed by atoms with Crippen LogP contribution in [0.1, 0.15) is 39.5 Å². The normalized spacial score (nSPS) is 20.4. The number of amides is 6. The van der Waals surface area contributed by atoms with Crippen molar-refractivity contribution < 1.29 is 38.7 Å². The van der Waals surface area contributed by atoms with E-state index in [2.05, 4.69) is 12.6 Å². The fraction of sp³-hybridized carbons (Fsp3) is 0.562. The van der Waals surface area contributed by atoms with Crippen molar-refractivity contribution >= 4 is 54.0 Å². The number of aliphatic carboxylic acids is 1. The van der Waals surface area contributed by atoms with Crippen LogP contribution in [0.3, 0.4) is 0 Å². The van der Waals surface area contributed by atoms with Gasteiger partial charge in [-0.1, -0.05) is 0 Å². The minimum absolute atomic E-state index is 0.207. The van der Waals surface area contributed by atoms with Gasteiger partial charge in [0.25, 0.3) is 5.66 Å². The molecule has 2 rings (SSSR count). The molecule has 1 unspecified atom stereocenters. The van der Waals surface area contributed by atoms with E-state index in [9.17, 15) is 38.7 Å². The van der Waals surface area contributed by atoms with Gasteiger partial charge in [0.1, 0.15) is 6.04 Å². The molecule has 1 N–H and O–H groups in total. The van der Waals surface area contributed by atoms with Crippen LogP contribution in [0.2, 0.25) is 0 Å². The van der Waals surface area contributed by atoms with Gasteiger partial charge in [-0.05, 0) is 0 Å². The maximum absolute atomic E-state index is 12.5. The molecule has 2 atom stereocenters. The lowest BCUT2D eigenvalue weighted by Gasteiger charge is -2.49. The molecule has 0 saturated carbocycles. The number of nitrogens with zero attached hydrogens (tertiary/aromatic N) is 3. The lowest BCUT2D eigenvalue weighted by Crippen LogP contribution is -2.78. The van der Waals surface area contributed by atoms with Crippen molar-refractivity contribution in [1.82, 2.24) is 14.7 Å². The summed E-state index contributed by atoms with van der Waals surface area (Å²) in [5.41, 5.74) is -2.93. The van der Waals surface area contributed by atoms with E-state index < -0.39 is 58.9 Å². The fourth-order valence-electron chi connectivity index (χ4n) is 3.72. The average molecular weight is 413 g/mol. The summed E-state index contributed by atoms with van der Waals surface area (Å²) in [7, 11) is 0. The summed E-state index contributed by atoms with van der Waals surface area (Å²) in [6, 6.07) is -1.75. The molecule has 12 heteroatoms. The Morgan fingerprint density at radius 1 is 0.964 bits per heavy atom. The van der Waals surface area contributed by atoms with Crippen LogP contribution in [0.5, 0.6) is 0 Å². The second kappa shape index (κ2) is 7.70. The highest BCUT2D eigenvalue weighted by Gasteiger charge is 2.65. The highest BCUT2D eigenvalue weighted by Crippen LogP contribution is 2.36. The van der Waals surface area contributed by atoms with E-state index in [1.807, 2.05) is 0 Å². The Labute approximate surface area is 165 Å². The Balaban J connectivity index is 2.88. The second-order valence-electron chi connectivity index (χ2n) is 6.38. The van der Waals surface area contributed by atoms with Gasteiger partial charge in [0.05, 0.1) is 0 Å². The zero-order valence-corrected chi connectivity index (χ0v) is 16.1. The van der Waals surface area contributed by atoms with Crippen LogP contribution < -0.4 is 0 Å². The quantitative estimate of drug-likeness (QED) is 0.406. The molecule has 0 aromatic carbocycles. The molecule has 0 aromatic heterocycles. The molecular formula is C16H19N3O8S. The van der Waals surface area contributed by atoms with E-state index >= 15 is 0 Å². The van der Waals surface area contributed by atoms with Crippen LogP contribution in [-0.4, -0.2) is 78.7 Å². The number of carbonyl (C=O) groups is 7. The first-order chi connectivity index (χ1) is 13.0. The number of hydrogen-bond acceptors (Lipinski definition) is 8. The minimum atomic E-state index is -2.93. The topological polar surface area (TPSA) is 149 Å². The molecule has 0 radical (unpaired) electrons. The zero-order chi connectivity index (χ0) is 21.4. The minimum Gasteiger partial charge on any atom is -0.478 e. The molecule has 0 aromatic rings. The van der Waals surface area contributed by atoms with E-state index in [0.29, 0.717) is 9.80 Å². The first kappa shape index (κ1) is 21.5. The van der Waals surface area contributed by atoms with Crippen molar-refractivity contribution in [3.63, 3.8) is 0 Å². The molecule has 2 saturated heterocycles. The summed E-state index contributed by atoms with van der Waals surface area (Å²) < 4.78 is 0. The van der Waals surface area contributed by atoms with Crippen LogP contribution in [0.4, 0.5) is 0 Å². The maximum Gasteiger partial charge on any atom is 0.354 e. The van der Waals surface area contributed by atoms with Gasteiger partial charge in [-0.15, -0.1) is 0 Å². The molecule has 6 amide bonds. The number of imide groups is 3. The molecule has 2 fully saturated rings. The van der Waals surface area contributed by atoms with Gasteiger partial charge < -0.3 is 5.11 Å². The molecule has 152 valence electrons. The van der Waals surface area contributed by atoms with E-state index in [1.165, 1.54) is 0 Å². The van der Waals surface area contributed by atoms with Gasteiger partial charge in [0.2, 0.25) is 35.4 Å². The van der Waals surface area contributed by atoms with E-state index in [4.69, 9.17) is 0 Å². The van der Waals surface area contributed by atoms with Gasteiger partial charge >= 0.3 is 5.97 Å². The van der Waals surface area contributed by atoms with Gasteiger partial charge in [-0.25, -0.2) is 14.6 Å². The Bertz CT molecular complexity index is 747. The van der Waals surface area contributed by atoms with Crippen molar-refractivity contribution in [3.8, 4) is 0 Å². The van der Waals surface area contributed by atoms with E-state index in [1.54, 1.807) is 0 Å². The molecule has 11 nitrogen and oxygen atoms in total. The molecule has 28 heavy (non-hydrogen) atoms. The summed E-state index contributed by atoms with van der Waals surface area (Å²) in [4.78, 5) is 87.7. The van der Waals surface area contributed by atoms with Crippen LogP contribution in [0.25, 0.3) is 0 Å². The van der Waals surface area contributed by atoms with E-state index in [-0.39, 0.29) is 30.6 Å². The van der Waals surface area contributed by atoms with Gasteiger partial charge in [0, 0.05) is 45.3 Å². The Morgan fingerprint density at radius 3 is 1.68 bits per heavy atom. The standard InChI is InChI=1S/C16H19N3O8S/c1-8(20)18(9(2)21)16(15(26)27,19-13(24)5-6-14(19)25)10(7-28)17-11(22)3-4-12(17)23/h10,28H,3-7H2,1-2H3,(H,26,27)/t10?,16-/m1/s1. The molecule has 0 spiro atoms. The number of carboxylic acid groups (broad SMARTS) is 1. The first-order valence-corrected chi connectivity index (χ1v) is 9.01. The lowest BCUT2D eigenvalue weighted by atomic mass is 9.94. The van der Waals surface area contributed by atoms with Crippen molar-refractivity contribution in [2.24, 2.45) is 0 Å². The summed E-state index contributed by atoms with van der Waals surface area (Å²) in [6.07, 6.45) is -1.08.